The van der Waals surface area contributed by atoms with Crippen LogP contribution in [0.3, 0.4) is 0 Å². The summed E-state index contributed by atoms with van der Waals surface area (Å²) < 4.78 is 11.1. The lowest BCUT2D eigenvalue weighted by Crippen LogP contribution is -2.44. The van der Waals surface area contributed by atoms with Crippen LogP contribution in [0.15, 0.2) is 54.6 Å². The van der Waals surface area contributed by atoms with Crippen LogP contribution in [0.2, 0.25) is 0 Å². The summed E-state index contributed by atoms with van der Waals surface area (Å²) in [4.78, 5) is 13.0. The number of carbonyl (C=O) groups excluding carboxylic acids is 1. The number of rotatable bonds is 5. The van der Waals surface area contributed by atoms with Gasteiger partial charge in [-0.05, 0) is 45.4 Å². The average Bonchev–Trinajstić information content (AvgIpc) is 2.54. The van der Waals surface area contributed by atoms with E-state index in [-0.39, 0.29) is 5.97 Å². The fourth-order valence-corrected chi connectivity index (χ4v) is 2.41. The highest BCUT2D eigenvalue weighted by Gasteiger charge is 2.39. The van der Waals surface area contributed by atoms with Gasteiger partial charge in [0.05, 0.1) is 12.8 Å². The Morgan fingerprint density at radius 2 is 1.50 bits per heavy atom. The Labute approximate surface area is 143 Å². The van der Waals surface area contributed by atoms with Gasteiger partial charge >= 0.3 is 5.97 Å². The zero-order chi connectivity index (χ0) is 17.8. The van der Waals surface area contributed by atoms with Crippen molar-refractivity contribution in [3.05, 3.63) is 60.2 Å². The van der Waals surface area contributed by atoms with Crippen LogP contribution in [0.1, 0.15) is 33.3 Å². The average molecular weight is 327 g/mol. The van der Waals surface area contributed by atoms with Crippen molar-refractivity contribution in [3.8, 4) is 5.75 Å². The second-order valence-electron chi connectivity index (χ2n) is 6.82. The highest BCUT2D eigenvalue weighted by Crippen LogP contribution is 2.33. The molecule has 0 bridgehead atoms. The number of methoxy groups -OCH3 is 1. The van der Waals surface area contributed by atoms with Crippen LogP contribution in [-0.2, 0) is 15.1 Å². The van der Waals surface area contributed by atoms with Gasteiger partial charge in [-0.1, -0.05) is 42.5 Å². The molecule has 4 nitrogen and oxygen atoms in total. The van der Waals surface area contributed by atoms with Gasteiger partial charge in [0.1, 0.15) is 11.4 Å². The number of para-hydroxylation sites is 2. The van der Waals surface area contributed by atoms with Crippen LogP contribution in [0, 0.1) is 0 Å². The molecule has 0 heterocycles. The molecule has 0 aliphatic carbocycles. The molecule has 0 amide bonds. The molecule has 1 atom stereocenters. The molecule has 1 N–H and O–H groups in total. The zero-order valence-corrected chi connectivity index (χ0v) is 14.9. The molecule has 0 aliphatic rings. The highest BCUT2D eigenvalue weighted by atomic mass is 16.6. The Hall–Kier alpha value is -2.49. The minimum atomic E-state index is -1.04. The van der Waals surface area contributed by atoms with Gasteiger partial charge in [-0.3, -0.25) is 0 Å². The Balaban J connectivity index is 2.45. The number of benzene rings is 2. The van der Waals surface area contributed by atoms with E-state index in [4.69, 9.17) is 9.47 Å². The molecule has 0 saturated heterocycles. The van der Waals surface area contributed by atoms with E-state index >= 15 is 0 Å². The summed E-state index contributed by atoms with van der Waals surface area (Å²) in [6.07, 6.45) is 0. The van der Waals surface area contributed by atoms with E-state index < -0.39 is 11.1 Å². The number of nitrogens with one attached hydrogen (secondary N) is 1. The molecule has 24 heavy (non-hydrogen) atoms. The lowest BCUT2D eigenvalue weighted by Gasteiger charge is -2.33. The van der Waals surface area contributed by atoms with Gasteiger partial charge in [0, 0.05) is 0 Å². The van der Waals surface area contributed by atoms with Crippen LogP contribution in [-0.4, -0.2) is 18.7 Å². The number of esters is 1. The monoisotopic (exact) mass is 327 g/mol. The molecule has 128 valence electrons. The quantitative estimate of drug-likeness (QED) is 0.829. The number of carbonyl (C=O) groups is 1. The molecule has 0 spiro atoms. The summed E-state index contributed by atoms with van der Waals surface area (Å²) in [5.74, 6) is 0.329. The molecule has 0 fully saturated rings. The standard InChI is InChI=1S/C20H25NO3/c1-19(2,3)24-18(22)20(4,15-11-7-6-8-12-15)21-16-13-9-10-14-17(16)23-5/h6-14,21H,1-5H3/t20-/m1/s1. The molecule has 0 aliphatic heterocycles. The van der Waals surface area contributed by atoms with Gasteiger partial charge in [0.15, 0.2) is 5.54 Å². The van der Waals surface area contributed by atoms with Crippen molar-refractivity contribution in [1.82, 2.24) is 0 Å². The number of ether oxygens (including phenoxy) is 2. The molecule has 2 aromatic rings. The Bertz CT molecular complexity index is 692. The smallest absolute Gasteiger partial charge is 0.336 e. The molecule has 2 rings (SSSR count). The molecule has 4 heteroatoms. The van der Waals surface area contributed by atoms with E-state index in [1.165, 1.54) is 0 Å². The van der Waals surface area contributed by atoms with Gasteiger partial charge in [0.25, 0.3) is 0 Å². The first-order valence-corrected chi connectivity index (χ1v) is 7.96. The van der Waals surface area contributed by atoms with Crippen LogP contribution in [0.25, 0.3) is 0 Å². The largest absolute Gasteiger partial charge is 0.495 e. The van der Waals surface area contributed by atoms with Crippen molar-refractivity contribution >= 4 is 11.7 Å². The molecular weight excluding hydrogens is 302 g/mol. The Morgan fingerprint density at radius 3 is 2.08 bits per heavy atom. The Morgan fingerprint density at radius 1 is 0.917 bits per heavy atom. The number of anilines is 1. The zero-order valence-electron chi connectivity index (χ0n) is 14.9. The lowest BCUT2D eigenvalue weighted by molar-refractivity contribution is -0.160. The predicted octanol–water partition coefficient (Wildman–Crippen LogP) is 4.36. The molecule has 0 radical (unpaired) electrons. The van der Waals surface area contributed by atoms with E-state index in [9.17, 15) is 4.79 Å². The fraction of sp³-hybridized carbons (Fsp3) is 0.350. The van der Waals surface area contributed by atoms with Crippen molar-refractivity contribution in [3.63, 3.8) is 0 Å². The summed E-state index contributed by atoms with van der Waals surface area (Å²) in [5, 5.41) is 3.31. The normalized spacial score (nSPS) is 13.7. The van der Waals surface area contributed by atoms with Crippen LogP contribution in [0.5, 0.6) is 5.75 Å². The van der Waals surface area contributed by atoms with Crippen molar-refractivity contribution in [2.24, 2.45) is 0 Å². The summed E-state index contributed by atoms with van der Waals surface area (Å²) in [6, 6.07) is 17.1. The predicted molar refractivity (Wildman–Crippen MR) is 96.3 cm³/mol. The third-order valence-electron chi connectivity index (χ3n) is 3.65. The highest BCUT2D eigenvalue weighted by molar-refractivity contribution is 5.86. The maximum absolute atomic E-state index is 13.0. The van der Waals surface area contributed by atoms with Crippen LogP contribution in [0.4, 0.5) is 5.69 Å². The first-order valence-electron chi connectivity index (χ1n) is 7.96. The first-order chi connectivity index (χ1) is 11.3. The van der Waals surface area contributed by atoms with Crippen molar-refractivity contribution in [2.75, 3.05) is 12.4 Å². The van der Waals surface area contributed by atoms with Crippen LogP contribution >= 0.6 is 0 Å². The fourth-order valence-electron chi connectivity index (χ4n) is 2.41. The van der Waals surface area contributed by atoms with Gasteiger partial charge in [-0.25, -0.2) is 4.79 Å². The van der Waals surface area contributed by atoms with E-state index in [0.29, 0.717) is 5.75 Å². The molecule has 2 aromatic carbocycles. The second-order valence-corrected chi connectivity index (χ2v) is 6.82. The van der Waals surface area contributed by atoms with Crippen LogP contribution < -0.4 is 10.1 Å². The summed E-state index contributed by atoms with van der Waals surface area (Å²) >= 11 is 0. The summed E-state index contributed by atoms with van der Waals surface area (Å²) in [5.41, 5.74) is -0.0546. The Kier molecular flexibility index (Phi) is 5.17. The topological polar surface area (TPSA) is 47.6 Å². The molecule has 0 aromatic heterocycles. The van der Waals surface area contributed by atoms with Gasteiger partial charge < -0.3 is 14.8 Å². The third kappa shape index (κ3) is 4.07. The first kappa shape index (κ1) is 17.9. The van der Waals surface area contributed by atoms with Crippen molar-refractivity contribution in [1.29, 1.82) is 0 Å². The number of hydrogen-bond donors (Lipinski definition) is 1. The third-order valence-corrected chi connectivity index (χ3v) is 3.65. The van der Waals surface area contributed by atoms with Crippen molar-refractivity contribution < 1.29 is 14.3 Å². The lowest BCUT2D eigenvalue weighted by atomic mass is 9.91. The molecular formula is C20H25NO3. The van der Waals surface area contributed by atoms with Crippen molar-refractivity contribution in [2.45, 2.75) is 38.8 Å². The minimum Gasteiger partial charge on any atom is -0.495 e. The SMILES string of the molecule is COc1ccccc1N[C@@](C)(C(=O)OC(C)(C)C)c1ccccc1. The van der Waals surface area contributed by atoms with E-state index in [2.05, 4.69) is 5.32 Å². The number of hydrogen-bond acceptors (Lipinski definition) is 4. The second kappa shape index (κ2) is 6.95. The van der Waals surface area contributed by atoms with Gasteiger partial charge in [0.2, 0.25) is 0 Å². The van der Waals surface area contributed by atoms with E-state index in [1.807, 2.05) is 82.3 Å². The van der Waals surface area contributed by atoms with Gasteiger partial charge in [-0.2, -0.15) is 0 Å². The summed E-state index contributed by atoms with van der Waals surface area (Å²) in [7, 11) is 1.61. The molecule has 0 saturated carbocycles. The van der Waals surface area contributed by atoms with Gasteiger partial charge in [-0.15, -0.1) is 0 Å². The maximum atomic E-state index is 13.0. The molecule has 0 unspecified atom stereocenters. The summed E-state index contributed by atoms with van der Waals surface area (Å²) in [6.45, 7) is 7.40. The minimum absolute atomic E-state index is 0.341. The van der Waals surface area contributed by atoms with E-state index in [1.54, 1.807) is 7.11 Å². The maximum Gasteiger partial charge on any atom is 0.336 e. The van der Waals surface area contributed by atoms with E-state index in [0.717, 1.165) is 11.3 Å².